The van der Waals surface area contributed by atoms with Crippen molar-refractivity contribution in [3.05, 3.63) is 83.2 Å². The van der Waals surface area contributed by atoms with Gasteiger partial charge >= 0.3 is 0 Å². The fourth-order valence-electron chi connectivity index (χ4n) is 3.72. The molecule has 0 radical (unpaired) electrons. The summed E-state index contributed by atoms with van der Waals surface area (Å²) in [6, 6.07) is 19.2. The Morgan fingerprint density at radius 3 is 2.61 bits per heavy atom. The van der Waals surface area contributed by atoms with E-state index in [1.54, 1.807) is 0 Å². The van der Waals surface area contributed by atoms with Gasteiger partial charge in [0.2, 0.25) is 0 Å². The fourth-order valence-corrected chi connectivity index (χ4v) is 3.72. The topological polar surface area (TPSA) is 96.7 Å². The second-order valence-corrected chi connectivity index (χ2v) is 7.25. The lowest BCUT2D eigenvalue weighted by Crippen LogP contribution is -2.16. The fraction of sp³-hybridized carbons (Fsp3) is 0.0833. The summed E-state index contributed by atoms with van der Waals surface area (Å²) in [5, 5.41) is 18.6. The Morgan fingerprint density at radius 2 is 1.84 bits per heavy atom. The normalized spacial score (nSPS) is 11.0. The molecule has 0 atom stereocenters. The highest BCUT2D eigenvalue weighted by atomic mass is 16.3. The first kappa shape index (κ1) is 18.6. The number of carbonyl (C=O) groups is 1. The number of hydrogen-bond acceptors (Lipinski definition) is 5. The van der Waals surface area contributed by atoms with Crippen molar-refractivity contribution in [2.24, 2.45) is 0 Å². The van der Waals surface area contributed by atoms with Crippen LogP contribution in [0.4, 0.5) is 5.82 Å². The minimum atomic E-state index is -0.454. The first-order valence-corrected chi connectivity index (χ1v) is 9.71. The Morgan fingerprint density at radius 1 is 1.10 bits per heavy atom. The minimum absolute atomic E-state index is 0.195. The SMILES string of the molecule is Cc1cc(-n2ncc(C#N)c2NC(=O)c2oc3ccccc3c2C)nc2ccccc12. The van der Waals surface area contributed by atoms with E-state index in [2.05, 4.69) is 21.5 Å². The van der Waals surface area contributed by atoms with E-state index in [1.807, 2.05) is 68.4 Å². The lowest BCUT2D eigenvalue weighted by atomic mass is 10.1. The number of aromatic nitrogens is 3. The van der Waals surface area contributed by atoms with E-state index in [4.69, 9.17) is 4.42 Å². The number of fused-ring (bicyclic) bond motifs is 2. The number of amides is 1. The molecule has 7 nitrogen and oxygen atoms in total. The Hall–Kier alpha value is -4.44. The van der Waals surface area contributed by atoms with Crippen LogP contribution >= 0.6 is 0 Å². The molecule has 31 heavy (non-hydrogen) atoms. The summed E-state index contributed by atoms with van der Waals surface area (Å²) in [5.74, 6) is 0.494. The molecule has 5 rings (SSSR count). The lowest BCUT2D eigenvalue weighted by Gasteiger charge is -2.10. The Bertz CT molecular complexity index is 1520. The van der Waals surface area contributed by atoms with Crippen molar-refractivity contribution in [1.82, 2.24) is 14.8 Å². The van der Waals surface area contributed by atoms with Crippen molar-refractivity contribution in [1.29, 1.82) is 5.26 Å². The third-order valence-corrected chi connectivity index (χ3v) is 5.30. The van der Waals surface area contributed by atoms with Gasteiger partial charge in [0.1, 0.15) is 17.2 Å². The third-order valence-electron chi connectivity index (χ3n) is 5.30. The first-order chi connectivity index (χ1) is 15.1. The zero-order valence-electron chi connectivity index (χ0n) is 16.9. The summed E-state index contributed by atoms with van der Waals surface area (Å²) < 4.78 is 7.23. The van der Waals surface area contributed by atoms with Crippen LogP contribution in [0.5, 0.6) is 0 Å². The van der Waals surface area contributed by atoms with Gasteiger partial charge in [-0.1, -0.05) is 36.4 Å². The molecule has 0 bridgehead atoms. The van der Waals surface area contributed by atoms with Crippen molar-refractivity contribution in [3.63, 3.8) is 0 Å². The standard InChI is InChI=1S/C24H17N5O2/c1-14-11-21(27-19-9-5-3-7-17(14)19)29-23(16(12-25)13-26-29)28-24(30)22-15(2)18-8-4-6-10-20(18)31-22/h3-11,13H,1-2H3,(H,28,30). The van der Waals surface area contributed by atoms with Crippen LogP contribution < -0.4 is 5.32 Å². The monoisotopic (exact) mass is 407 g/mol. The molecule has 7 heteroatoms. The average Bonchev–Trinajstić information content (AvgIpc) is 3.34. The number of furan rings is 1. The largest absolute Gasteiger partial charge is 0.451 e. The van der Waals surface area contributed by atoms with Crippen LogP contribution in [0, 0.1) is 25.2 Å². The molecule has 3 aromatic heterocycles. The summed E-state index contributed by atoms with van der Waals surface area (Å²) in [7, 11) is 0. The zero-order valence-corrected chi connectivity index (χ0v) is 16.9. The van der Waals surface area contributed by atoms with Crippen molar-refractivity contribution in [3.8, 4) is 11.9 Å². The molecule has 2 aromatic carbocycles. The molecule has 0 saturated carbocycles. The maximum absolute atomic E-state index is 13.1. The summed E-state index contributed by atoms with van der Waals surface area (Å²) >= 11 is 0. The molecule has 0 unspecified atom stereocenters. The van der Waals surface area contributed by atoms with Crippen molar-refractivity contribution >= 4 is 33.6 Å². The number of hydrogen-bond donors (Lipinski definition) is 1. The maximum atomic E-state index is 13.1. The number of nitrogens with zero attached hydrogens (tertiary/aromatic N) is 4. The molecule has 3 heterocycles. The molecule has 0 saturated heterocycles. The molecule has 0 aliphatic heterocycles. The highest BCUT2D eigenvalue weighted by Crippen LogP contribution is 2.27. The van der Waals surface area contributed by atoms with Gasteiger partial charge in [-0.15, -0.1) is 0 Å². The van der Waals surface area contributed by atoms with E-state index < -0.39 is 5.91 Å². The van der Waals surface area contributed by atoms with Crippen LogP contribution in [0.1, 0.15) is 27.2 Å². The van der Waals surface area contributed by atoms with Crippen LogP contribution in [0.2, 0.25) is 0 Å². The number of rotatable bonds is 3. The van der Waals surface area contributed by atoms with E-state index in [0.29, 0.717) is 11.4 Å². The summed E-state index contributed by atoms with van der Waals surface area (Å²) in [6.45, 7) is 3.82. The number of aryl methyl sites for hydroxylation is 2. The number of anilines is 1. The summed E-state index contributed by atoms with van der Waals surface area (Å²) in [6.07, 6.45) is 1.41. The van der Waals surface area contributed by atoms with Crippen LogP contribution in [0.3, 0.4) is 0 Å². The number of pyridine rings is 1. The molecule has 0 aliphatic carbocycles. The maximum Gasteiger partial charge on any atom is 0.292 e. The van der Waals surface area contributed by atoms with Crippen molar-refractivity contribution in [2.75, 3.05) is 5.32 Å². The van der Waals surface area contributed by atoms with Gasteiger partial charge in [-0.05, 0) is 37.6 Å². The van der Waals surface area contributed by atoms with Crippen molar-refractivity contribution < 1.29 is 9.21 Å². The second kappa shape index (κ2) is 7.11. The molecule has 0 spiro atoms. The lowest BCUT2D eigenvalue weighted by molar-refractivity contribution is 0.0997. The summed E-state index contributed by atoms with van der Waals surface area (Å²) in [4.78, 5) is 17.7. The van der Waals surface area contributed by atoms with Gasteiger partial charge in [-0.2, -0.15) is 15.0 Å². The molecular weight excluding hydrogens is 390 g/mol. The van der Waals surface area contributed by atoms with Crippen LogP contribution in [-0.4, -0.2) is 20.7 Å². The number of carbonyl (C=O) groups excluding carboxylic acids is 1. The van der Waals surface area contributed by atoms with Gasteiger partial charge in [0, 0.05) is 16.3 Å². The van der Waals surface area contributed by atoms with E-state index >= 15 is 0 Å². The van der Waals surface area contributed by atoms with Gasteiger partial charge in [-0.25, -0.2) is 4.98 Å². The van der Waals surface area contributed by atoms with Crippen LogP contribution in [0.15, 0.2) is 65.2 Å². The van der Waals surface area contributed by atoms with E-state index in [0.717, 1.165) is 27.4 Å². The van der Waals surface area contributed by atoms with Crippen LogP contribution in [0.25, 0.3) is 27.7 Å². The highest BCUT2D eigenvalue weighted by Gasteiger charge is 2.22. The predicted molar refractivity (Wildman–Crippen MR) is 117 cm³/mol. The van der Waals surface area contributed by atoms with Gasteiger partial charge in [0.05, 0.1) is 11.7 Å². The number of para-hydroxylation sites is 2. The Labute approximate surface area is 177 Å². The first-order valence-electron chi connectivity index (χ1n) is 9.71. The quantitative estimate of drug-likeness (QED) is 0.458. The van der Waals surface area contributed by atoms with Gasteiger partial charge in [0.15, 0.2) is 17.4 Å². The molecule has 5 aromatic rings. The van der Waals surface area contributed by atoms with E-state index in [9.17, 15) is 10.1 Å². The van der Waals surface area contributed by atoms with Crippen LogP contribution in [-0.2, 0) is 0 Å². The Balaban J connectivity index is 1.59. The van der Waals surface area contributed by atoms with Gasteiger partial charge in [-0.3, -0.25) is 4.79 Å². The number of benzene rings is 2. The molecule has 1 amide bonds. The highest BCUT2D eigenvalue weighted by molar-refractivity contribution is 6.06. The molecule has 1 N–H and O–H groups in total. The minimum Gasteiger partial charge on any atom is -0.451 e. The molecular formula is C24H17N5O2. The molecule has 150 valence electrons. The van der Waals surface area contributed by atoms with Gasteiger partial charge < -0.3 is 9.73 Å². The second-order valence-electron chi connectivity index (χ2n) is 7.25. The number of nitrogens with one attached hydrogen (secondary N) is 1. The third kappa shape index (κ3) is 3.02. The smallest absolute Gasteiger partial charge is 0.292 e. The van der Waals surface area contributed by atoms with Gasteiger partial charge in [0.25, 0.3) is 5.91 Å². The Kier molecular flexibility index (Phi) is 4.26. The zero-order chi connectivity index (χ0) is 21.5. The summed E-state index contributed by atoms with van der Waals surface area (Å²) in [5.41, 5.74) is 3.41. The predicted octanol–water partition coefficient (Wildman–Crippen LogP) is 4.91. The van der Waals surface area contributed by atoms with Crippen molar-refractivity contribution in [2.45, 2.75) is 13.8 Å². The molecule has 0 fully saturated rings. The number of nitriles is 1. The average molecular weight is 407 g/mol. The van der Waals surface area contributed by atoms with E-state index in [1.165, 1.54) is 10.9 Å². The molecule has 0 aliphatic rings. The van der Waals surface area contributed by atoms with E-state index in [-0.39, 0.29) is 17.1 Å².